The topological polar surface area (TPSA) is 86.2 Å². The van der Waals surface area contributed by atoms with Crippen LogP contribution in [0.1, 0.15) is 40.5 Å². The fraction of sp³-hybridized carbons (Fsp3) is 0.800. The summed E-state index contributed by atoms with van der Waals surface area (Å²) < 4.78 is 0. The Hall–Kier alpha value is -1.06. The van der Waals surface area contributed by atoms with Gasteiger partial charge in [0.25, 0.3) is 0 Å². The third-order valence-electron chi connectivity index (χ3n) is 3.72. The molecule has 0 aromatic heterocycles. The van der Waals surface area contributed by atoms with Crippen molar-refractivity contribution in [1.82, 2.24) is 0 Å². The van der Waals surface area contributed by atoms with E-state index < -0.39 is 22.6 Å². The third-order valence-corrected chi connectivity index (χ3v) is 3.72. The lowest BCUT2D eigenvalue weighted by Gasteiger charge is -2.40. The van der Waals surface area contributed by atoms with E-state index in [4.69, 9.17) is 11.5 Å². The van der Waals surface area contributed by atoms with Gasteiger partial charge in [-0.25, -0.2) is 0 Å². The van der Waals surface area contributed by atoms with Crippen molar-refractivity contribution in [3.8, 4) is 0 Å². The monoisotopic (exact) mass is 200 g/mol. The Morgan fingerprint density at radius 2 is 1.14 bits per heavy atom. The highest BCUT2D eigenvalue weighted by Gasteiger charge is 2.50. The predicted octanol–water partition coefficient (Wildman–Crippen LogP) is 0.790. The van der Waals surface area contributed by atoms with E-state index >= 15 is 0 Å². The number of carbonyl (C=O) groups is 2. The molecule has 0 bridgehead atoms. The van der Waals surface area contributed by atoms with Crippen molar-refractivity contribution < 1.29 is 9.59 Å². The molecule has 0 radical (unpaired) electrons. The Kier molecular flexibility index (Phi) is 3.68. The zero-order chi connectivity index (χ0) is 11.6. The maximum absolute atomic E-state index is 11.4. The van der Waals surface area contributed by atoms with Gasteiger partial charge >= 0.3 is 0 Å². The summed E-state index contributed by atoms with van der Waals surface area (Å²) in [5.74, 6) is -0.939. The molecule has 0 aromatic carbocycles. The lowest BCUT2D eigenvalue weighted by molar-refractivity contribution is -0.146. The second kappa shape index (κ2) is 3.98. The van der Waals surface area contributed by atoms with Crippen LogP contribution in [0, 0.1) is 10.8 Å². The first kappa shape index (κ1) is 12.9. The second-order valence-electron chi connectivity index (χ2n) is 4.10. The van der Waals surface area contributed by atoms with Crippen LogP contribution in [0.15, 0.2) is 0 Å². The van der Waals surface area contributed by atoms with Crippen molar-refractivity contribution in [1.29, 1.82) is 0 Å². The first-order chi connectivity index (χ1) is 6.26. The van der Waals surface area contributed by atoms with Crippen LogP contribution >= 0.6 is 0 Å². The van der Waals surface area contributed by atoms with Crippen molar-refractivity contribution in [2.75, 3.05) is 0 Å². The third kappa shape index (κ3) is 1.61. The number of hydrogen-bond donors (Lipinski definition) is 2. The highest BCUT2D eigenvalue weighted by molar-refractivity contribution is 5.91. The average Bonchev–Trinajstić information content (AvgIpc) is 2.14. The number of nitrogens with two attached hydrogens (primary N) is 2. The summed E-state index contributed by atoms with van der Waals surface area (Å²) in [6, 6.07) is 0. The molecule has 14 heavy (non-hydrogen) atoms. The molecule has 4 nitrogen and oxygen atoms in total. The summed E-state index contributed by atoms with van der Waals surface area (Å²) in [6.45, 7) is 7.07. The van der Waals surface area contributed by atoms with Gasteiger partial charge in [-0.15, -0.1) is 0 Å². The lowest BCUT2D eigenvalue weighted by Crippen LogP contribution is -2.53. The van der Waals surface area contributed by atoms with E-state index in [9.17, 15) is 9.59 Å². The highest BCUT2D eigenvalue weighted by Crippen LogP contribution is 2.44. The molecule has 0 aliphatic rings. The molecule has 2 unspecified atom stereocenters. The van der Waals surface area contributed by atoms with Gasteiger partial charge in [-0.05, 0) is 26.7 Å². The van der Waals surface area contributed by atoms with Gasteiger partial charge in [0, 0.05) is 0 Å². The summed E-state index contributed by atoms with van der Waals surface area (Å²) in [5, 5.41) is 0. The van der Waals surface area contributed by atoms with Gasteiger partial charge < -0.3 is 11.5 Å². The number of carbonyl (C=O) groups excluding carboxylic acids is 2. The molecule has 4 heteroatoms. The van der Waals surface area contributed by atoms with Crippen LogP contribution in [0.5, 0.6) is 0 Å². The van der Waals surface area contributed by atoms with E-state index in [1.165, 1.54) is 0 Å². The summed E-state index contributed by atoms with van der Waals surface area (Å²) in [7, 11) is 0. The number of rotatable bonds is 5. The molecule has 0 saturated carbocycles. The first-order valence-corrected chi connectivity index (χ1v) is 4.86. The molecule has 4 N–H and O–H groups in total. The van der Waals surface area contributed by atoms with Gasteiger partial charge in [-0.3, -0.25) is 9.59 Å². The Labute approximate surface area is 85.0 Å². The van der Waals surface area contributed by atoms with Gasteiger partial charge in [-0.2, -0.15) is 0 Å². The lowest BCUT2D eigenvalue weighted by atomic mass is 9.61. The Balaban J connectivity index is 5.37. The van der Waals surface area contributed by atoms with Crippen molar-refractivity contribution in [2.45, 2.75) is 40.5 Å². The van der Waals surface area contributed by atoms with Crippen LogP contribution in [-0.2, 0) is 9.59 Å². The molecule has 0 aromatic rings. The molecule has 0 saturated heterocycles. The van der Waals surface area contributed by atoms with E-state index in [1.807, 2.05) is 13.8 Å². The standard InChI is InChI=1S/C10H20N2O2/c1-5-9(3,7(11)13)10(4,6-2)8(12)14/h5-6H2,1-4H3,(H2,11,13)(H2,12,14). The van der Waals surface area contributed by atoms with E-state index in [2.05, 4.69) is 0 Å². The van der Waals surface area contributed by atoms with Crippen LogP contribution in [0.25, 0.3) is 0 Å². The van der Waals surface area contributed by atoms with E-state index in [0.29, 0.717) is 12.8 Å². The second-order valence-corrected chi connectivity index (χ2v) is 4.10. The molecule has 0 aliphatic carbocycles. The van der Waals surface area contributed by atoms with Gasteiger partial charge in [0.1, 0.15) is 0 Å². The molecule has 82 valence electrons. The molecule has 0 aliphatic heterocycles. The Bertz CT molecular complexity index is 227. The Morgan fingerprint density at radius 1 is 0.929 bits per heavy atom. The molecular formula is C10H20N2O2. The number of hydrogen-bond acceptors (Lipinski definition) is 2. The predicted molar refractivity (Wildman–Crippen MR) is 55.2 cm³/mol. The minimum absolute atomic E-state index is 0.469. The van der Waals surface area contributed by atoms with Crippen molar-refractivity contribution in [2.24, 2.45) is 22.3 Å². The summed E-state index contributed by atoms with van der Waals surface area (Å²) in [4.78, 5) is 22.8. The van der Waals surface area contributed by atoms with Crippen LogP contribution in [0.2, 0.25) is 0 Å². The molecule has 0 rings (SSSR count). The molecule has 0 heterocycles. The SMILES string of the molecule is CCC(C)(C(N)=O)C(C)(CC)C(N)=O. The van der Waals surface area contributed by atoms with E-state index in [-0.39, 0.29) is 0 Å². The minimum Gasteiger partial charge on any atom is -0.369 e. The molecule has 0 spiro atoms. The van der Waals surface area contributed by atoms with Crippen molar-refractivity contribution in [3.63, 3.8) is 0 Å². The molecule has 0 fully saturated rings. The fourth-order valence-corrected chi connectivity index (χ4v) is 1.67. The molecule has 2 amide bonds. The highest BCUT2D eigenvalue weighted by atomic mass is 16.2. The maximum atomic E-state index is 11.4. The zero-order valence-corrected chi connectivity index (χ0v) is 9.39. The fourth-order valence-electron chi connectivity index (χ4n) is 1.67. The van der Waals surface area contributed by atoms with E-state index in [0.717, 1.165) is 0 Å². The quantitative estimate of drug-likeness (QED) is 0.687. The zero-order valence-electron chi connectivity index (χ0n) is 9.39. The van der Waals surface area contributed by atoms with Crippen molar-refractivity contribution in [3.05, 3.63) is 0 Å². The normalized spacial score (nSPS) is 19.4. The smallest absolute Gasteiger partial charge is 0.224 e. The van der Waals surface area contributed by atoms with Crippen LogP contribution in [0.4, 0.5) is 0 Å². The largest absolute Gasteiger partial charge is 0.369 e. The minimum atomic E-state index is -0.867. The van der Waals surface area contributed by atoms with Gasteiger partial charge in [0.2, 0.25) is 11.8 Å². The number of amides is 2. The molecule has 2 atom stereocenters. The van der Waals surface area contributed by atoms with Gasteiger partial charge in [0.15, 0.2) is 0 Å². The van der Waals surface area contributed by atoms with Crippen molar-refractivity contribution >= 4 is 11.8 Å². The molecular weight excluding hydrogens is 180 g/mol. The van der Waals surface area contributed by atoms with E-state index in [1.54, 1.807) is 13.8 Å². The van der Waals surface area contributed by atoms with Gasteiger partial charge in [0.05, 0.1) is 10.8 Å². The average molecular weight is 200 g/mol. The number of primary amides is 2. The van der Waals surface area contributed by atoms with Crippen LogP contribution in [-0.4, -0.2) is 11.8 Å². The Morgan fingerprint density at radius 3 is 1.21 bits per heavy atom. The van der Waals surface area contributed by atoms with Gasteiger partial charge in [-0.1, -0.05) is 13.8 Å². The summed E-state index contributed by atoms with van der Waals surface area (Å²) >= 11 is 0. The maximum Gasteiger partial charge on any atom is 0.224 e. The first-order valence-electron chi connectivity index (χ1n) is 4.86. The van der Waals surface area contributed by atoms with Crippen LogP contribution in [0.3, 0.4) is 0 Å². The summed E-state index contributed by atoms with van der Waals surface area (Å²) in [6.07, 6.45) is 1.02. The summed E-state index contributed by atoms with van der Waals surface area (Å²) in [5.41, 5.74) is 8.93. The van der Waals surface area contributed by atoms with Crippen LogP contribution < -0.4 is 11.5 Å².